The highest BCUT2D eigenvalue weighted by Gasteiger charge is 2.13. The Kier molecular flexibility index (Phi) is 4.92. The molecule has 2 aromatic carbocycles. The van der Waals surface area contributed by atoms with Crippen LogP contribution in [0.5, 0.6) is 11.5 Å². The van der Waals surface area contributed by atoms with E-state index in [4.69, 9.17) is 9.47 Å². The Bertz CT molecular complexity index is 614. The van der Waals surface area contributed by atoms with Crippen LogP contribution in [0, 0.1) is 5.41 Å². The summed E-state index contributed by atoms with van der Waals surface area (Å²) in [5.74, 6) is 1.72. The summed E-state index contributed by atoms with van der Waals surface area (Å²) in [5, 5.41) is 0. The molecule has 0 saturated heterocycles. The van der Waals surface area contributed by atoms with Gasteiger partial charge in [-0.1, -0.05) is 51.1 Å². The number of hydrogen-bond acceptors (Lipinski definition) is 2. The molecular formula is C20H24O2. The molecule has 0 aliphatic carbocycles. The number of hydrogen-bond donors (Lipinski definition) is 0. The highest BCUT2D eigenvalue weighted by molar-refractivity contribution is 5.81. The molecule has 2 heteroatoms. The van der Waals surface area contributed by atoms with Crippen LogP contribution in [0.1, 0.15) is 31.9 Å². The van der Waals surface area contributed by atoms with Gasteiger partial charge in [0.2, 0.25) is 0 Å². The molecule has 0 amide bonds. The fourth-order valence-corrected chi connectivity index (χ4v) is 2.35. The molecule has 0 saturated carbocycles. The molecule has 0 unspecified atom stereocenters. The average Bonchev–Trinajstić information content (AvgIpc) is 2.52. The minimum atomic E-state index is 0.0709. The van der Waals surface area contributed by atoms with Crippen molar-refractivity contribution in [2.24, 2.45) is 5.41 Å². The third-order valence-electron chi connectivity index (χ3n) is 3.34. The molecular weight excluding hydrogens is 272 g/mol. The average molecular weight is 296 g/mol. The Morgan fingerprint density at radius 3 is 1.64 bits per heavy atom. The minimum Gasteiger partial charge on any atom is -0.497 e. The van der Waals surface area contributed by atoms with Gasteiger partial charge in [-0.15, -0.1) is 0 Å². The molecule has 0 atom stereocenters. The van der Waals surface area contributed by atoms with Crippen molar-refractivity contribution in [1.29, 1.82) is 0 Å². The van der Waals surface area contributed by atoms with Gasteiger partial charge in [0.05, 0.1) is 14.2 Å². The molecule has 2 aromatic rings. The van der Waals surface area contributed by atoms with E-state index in [0.29, 0.717) is 0 Å². The van der Waals surface area contributed by atoms with Crippen LogP contribution < -0.4 is 9.47 Å². The molecule has 2 nitrogen and oxygen atoms in total. The largest absolute Gasteiger partial charge is 0.497 e. The van der Waals surface area contributed by atoms with E-state index >= 15 is 0 Å². The third-order valence-corrected chi connectivity index (χ3v) is 3.34. The van der Waals surface area contributed by atoms with Crippen molar-refractivity contribution >= 4 is 5.57 Å². The number of allylic oxidation sites excluding steroid dienone is 1. The maximum Gasteiger partial charge on any atom is 0.119 e. The van der Waals surface area contributed by atoms with Gasteiger partial charge < -0.3 is 9.47 Å². The molecule has 0 N–H and O–H groups in total. The number of benzene rings is 2. The zero-order valence-corrected chi connectivity index (χ0v) is 14.0. The first kappa shape index (κ1) is 16.2. The van der Waals surface area contributed by atoms with E-state index in [2.05, 4.69) is 51.1 Å². The summed E-state index contributed by atoms with van der Waals surface area (Å²) in [5.41, 5.74) is 3.54. The van der Waals surface area contributed by atoms with Crippen molar-refractivity contribution in [2.45, 2.75) is 20.8 Å². The molecule has 0 aliphatic heterocycles. The van der Waals surface area contributed by atoms with E-state index in [1.54, 1.807) is 14.2 Å². The van der Waals surface area contributed by atoms with Crippen molar-refractivity contribution in [1.82, 2.24) is 0 Å². The Hall–Kier alpha value is -2.22. The van der Waals surface area contributed by atoms with Gasteiger partial charge in [0.15, 0.2) is 0 Å². The van der Waals surface area contributed by atoms with Crippen LogP contribution in [0.4, 0.5) is 0 Å². The van der Waals surface area contributed by atoms with E-state index in [1.807, 2.05) is 24.3 Å². The minimum absolute atomic E-state index is 0.0709. The topological polar surface area (TPSA) is 18.5 Å². The molecule has 0 heterocycles. The fourth-order valence-electron chi connectivity index (χ4n) is 2.35. The lowest BCUT2D eigenvalue weighted by atomic mass is 9.87. The van der Waals surface area contributed by atoms with Crippen LogP contribution >= 0.6 is 0 Å². The van der Waals surface area contributed by atoms with Crippen LogP contribution in [0.3, 0.4) is 0 Å². The SMILES string of the molecule is COc1cccc(C(=CC(C)(C)C)c2cccc(OC)c2)c1. The van der Waals surface area contributed by atoms with Crippen LogP contribution in [0.2, 0.25) is 0 Å². The van der Waals surface area contributed by atoms with Crippen LogP contribution in [-0.2, 0) is 0 Å². The Balaban J connectivity index is 2.58. The van der Waals surface area contributed by atoms with Gasteiger partial charge in [-0.2, -0.15) is 0 Å². The molecule has 0 bridgehead atoms. The van der Waals surface area contributed by atoms with Crippen molar-refractivity contribution in [3.8, 4) is 11.5 Å². The van der Waals surface area contributed by atoms with E-state index in [9.17, 15) is 0 Å². The zero-order chi connectivity index (χ0) is 16.2. The lowest BCUT2D eigenvalue weighted by molar-refractivity contribution is 0.414. The number of rotatable bonds is 4. The smallest absolute Gasteiger partial charge is 0.119 e. The summed E-state index contributed by atoms with van der Waals surface area (Å²) in [6.45, 7) is 6.61. The quantitative estimate of drug-likeness (QED) is 0.773. The predicted molar refractivity (Wildman–Crippen MR) is 92.5 cm³/mol. The highest BCUT2D eigenvalue weighted by Crippen LogP contribution is 2.32. The molecule has 2 rings (SSSR count). The third kappa shape index (κ3) is 4.14. The van der Waals surface area contributed by atoms with Crippen molar-refractivity contribution in [2.75, 3.05) is 14.2 Å². The van der Waals surface area contributed by atoms with Gasteiger partial charge in [0.25, 0.3) is 0 Å². The lowest BCUT2D eigenvalue weighted by Gasteiger charge is -2.18. The van der Waals surface area contributed by atoms with Crippen LogP contribution in [0.15, 0.2) is 54.6 Å². The monoisotopic (exact) mass is 296 g/mol. The Morgan fingerprint density at radius 1 is 0.818 bits per heavy atom. The second kappa shape index (κ2) is 6.69. The second-order valence-corrected chi connectivity index (χ2v) is 6.39. The van der Waals surface area contributed by atoms with Gasteiger partial charge in [-0.05, 0) is 46.4 Å². The lowest BCUT2D eigenvalue weighted by Crippen LogP contribution is -2.02. The molecule has 116 valence electrons. The van der Waals surface area contributed by atoms with Gasteiger partial charge in [-0.25, -0.2) is 0 Å². The van der Waals surface area contributed by atoms with Gasteiger partial charge in [0.1, 0.15) is 11.5 Å². The van der Waals surface area contributed by atoms with E-state index < -0.39 is 0 Å². The summed E-state index contributed by atoms with van der Waals surface area (Å²) >= 11 is 0. The van der Waals surface area contributed by atoms with Crippen LogP contribution in [0.25, 0.3) is 5.57 Å². The van der Waals surface area contributed by atoms with Crippen molar-refractivity contribution < 1.29 is 9.47 Å². The van der Waals surface area contributed by atoms with Gasteiger partial charge in [0, 0.05) is 0 Å². The summed E-state index contributed by atoms with van der Waals surface area (Å²) < 4.78 is 10.7. The number of ether oxygens (including phenoxy) is 2. The molecule has 0 aliphatic rings. The maximum absolute atomic E-state index is 5.36. The first-order chi connectivity index (χ1) is 10.4. The molecule has 22 heavy (non-hydrogen) atoms. The number of methoxy groups -OCH3 is 2. The summed E-state index contributed by atoms with van der Waals surface area (Å²) in [7, 11) is 3.38. The van der Waals surface area contributed by atoms with E-state index in [-0.39, 0.29) is 5.41 Å². The van der Waals surface area contributed by atoms with E-state index in [0.717, 1.165) is 22.6 Å². The molecule has 0 radical (unpaired) electrons. The van der Waals surface area contributed by atoms with Gasteiger partial charge >= 0.3 is 0 Å². The zero-order valence-electron chi connectivity index (χ0n) is 14.0. The molecule has 0 aromatic heterocycles. The summed E-state index contributed by atoms with van der Waals surface area (Å²) in [6.07, 6.45) is 2.29. The Labute approximate surface area is 133 Å². The van der Waals surface area contributed by atoms with Crippen LogP contribution in [-0.4, -0.2) is 14.2 Å². The second-order valence-electron chi connectivity index (χ2n) is 6.39. The summed E-state index contributed by atoms with van der Waals surface area (Å²) in [6, 6.07) is 16.3. The van der Waals surface area contributed by atoms with E-state index in [1.165, 1.54) is 5.57 Å². The maximum atomic E-state index is 5.36. The first-order valence-corrected chi connectivity index (χ1v) is 7.44. The highest BCUT2D eigenvalue weighted by atomic mass is 16.5. The fraction of sp³-hybridized carbons (Fsp3) is 0.300. The Morgan fingerprint density at radius 2 is 1.27 bits per heavy atom. The molecule has 0 fully saturated rings. The van der Waals surface area contributed by atoms with Gasteiger partial charge in [-0.3, -0.25) is 0 Å². The van der Waals surface area contributed by atoms with Crippen molar-refractivity contribution in [3.63, 3.8) is 0 Å². The normalized spacial score (nSPS) is 11.0. The summed E-state index contributed by atoms with van der Waals surface area (Å²) in [4.78, 5) is 0. The molecule has 0 spiro atoms. The standard InChI is InChI=1S/C20H24O2/c1-20(2,3)14-19(15-8-6-10-17(12-15)21-4)16-9-7-11-18(13-16)22-5/h6-14H,1-5H3. The predicted octanol–water partition coefficient (Wildman–Crippen LogP) is 5.18. The first-order valence-electron chi connectivity index (χ1n) is 7.44. The van der Waals surface area contributed by atoms with Crippen molar-refractivity contribution in [3.05, 3.63) is 65.7 Å².